The summed E-state index contributed by atoms with van der Waals surface area (Å²) in [5.41, 5.74) is 12.3. The monoisotopic (exact) mass is 271 g/mol. The van der Waals surface area contributed by atoms with Crippen LogP contribution in [0.2, 0.25) is 10.0 Å². The molecule has 0 amide bonds. The molecule has 0 saturated heterocycles. The Hall–Kier alpha value is -1.30. The van der Waals surface area contributed by atoms with Gasteiger partial charge < -0.3 is 11.1 Å². The average molecular weight is 272 g/mol. The highest BCUT2D eigenvalue weighted by Gasteiger charge is 2.26. The van der Waals surface area contributed by atoms with Gasteiger partial charge in [0.1, 0.15) is 0 Å². The van der Waals surface area contributed by atoms with Gasteiger partial charge in [-0.1, -0.05) is 35.3 Å². The zero-order valence-corrected chi connectivity index (χ0v) is 10.3. The van der Waals surface area contributed by atoms with Crippen LogP contribution in [-0.4, -0.2) is 18.1 Å². The number of nitrogens with one attached hydrogen (secondary N) is 1. The molecule has 5 nitrogen and oxygen atoms in total. The Morgan fingerprint density at radius 2 is 2.12 bits per heavy atom. The molecule has 0 radical (unpaired) electrons. The SMILES string of the molecule is NC1=NC(N)(Cc2cccc(Cl)c2Cl)N=CN1. The fraction of sp³-hybridized carbons (Fsp3) is 0.200. The second-order valence-corrected chi connectivity index (χ2v) is 4.45. The molecule has 1 aromatic carbocycles. The molecule has 0 aliphatic carbocycles. The first-order valence-electron chi connectivity index (χ1n) is 4.87. The van der Waals surface area contributed by atoms with Crippen molar-refractivity contribution >= 4 is 35.5 Å². The first kappa shape index (κ1) is 12.2. The minimum atomic E-state index is -1.14. The first-order valence-corrected chi connectivity index (χ1v) is 5.63. The van der Waals surface area contributed by atoms with Crippen LogP contribution in [0.3, 0.4) is 0 Å². The molecule has 0 spiro atoms. The quantitative estimate of drug-likeness (QED) is 0.753. The predicted octanol–water partition coefficient (Wildman–Crippen LogP) is 1.09. The van der Waals surface area contributed by atoms with E-state index in [1.165, 1.54) is 6.34 Å². The number of benzene rings is 1. The largest absolute Gasteiger partial charge is 0.370 e. The van der Waals surface area contributed by atoms with Crippen molar-refractivity contribution in [3.05, 3.63) is 33.8 Å². The van der Waals surface area contributed by atoms with E-state index in [1.54, 1.807) is 12.1 Å². The van der Waals surface area contributed by atoms with E-state index in [-0.39, 0.29) is 5.96 Å². The number of nitrogens with zero attached hydrogens (tertiary/aromatic N) is 2. The van der Waals surface area contributed by atoms with E-state index in [4.69, 9.17) is 34.7 Å². The van der Waals surface area contributed by atoms with Crippen LogP contribution in [0.15, 0.2) is 28.2 Å². The molecular formula is C10H11Cl2N5. The Kier molecular flexibility index (Phi) is 3.24. The molecule has 0 fully saturated rings. The molecule has 5 N–H and O–H groups in total. The van der Waals surface area contributed by atoms with Gasteiger partial charge in [-0.2, -0.15) is 0 Å². The Morgan fingerprint density at radius 1 is 1.35 bits per heavy atom. The van der Waals surface area contributed by atoms with Gasteiger partial charge in [-0.15, -0.1) is 0 Å². The third-order valence-corrected chi connectivity index (χ3v) is 3.15. The summed E-state index contributed by atoms with van der Waals surface area (Å²) in [6.07, 6.45) is 1.74. The number of rotatable bonds is 2. The van der Waals surface area contributed by atoms with Crippen molar-refractivity contribution in [2.45, 2.75) is 12.2 Å². The van der Waals surface area contributed by atoms with E-state index in [0.29, 0.717) is 16.5 Å². The molecule has 0 bridgehead atoms. The summed E-state index contributed by atoms with van der Waals surface area (Å²) in [5.74, 6) is -0.912. The number of aliphatic imine (C=N–C) groups is 2. The lowest BCUT2D eigenvalue weighted by molar-refractivity contribution is 0.460. The van der Waals surface area contributed by atoms with Crippen LogP contribution >= 0.6 is 23.2 Å². The standard InChI is InChI=1S/C10H11Cl2N5/c11-7-3-1-2-6(8(7)12)4-10(14)16-5-15-9(13)17-10/h1-3,5H,4,14H2,(H3,13,15,16,17). The Morgan fingerprint density at radius 3 is 2.82 bits per heavy atom. The molecule has 90 valence electrons. The summed E-state index contributed by atoms with van der Waals surface area (Å²) in [4.78, 5) is 8.09. The van der Waals surface area contributed by atoms with Crippen LogP contribution < -0.4 is 16.8 Å². The van der Waals surface area contributed by atoms with Crippen LogP contribution in [0.1, 0.15) is 5.56 Å². The van der Waals surface area contributed by atoms with Crippen molar-refractivity contribution in [3.8, 4) is 0 Å². The van der Waals surface area contributed by atoms with Gasteiger partial charge in [-0.25, -0.2) is 9.98 Å². The van der Waals surface area contributed by atoms with Crippen molar-refractivity contribution in [1.29, 1.82) is 0 Å². The van der Waals surface area contributed by atoms with Gasteiger partial charge >= 0.3 is 0 Å². The van der Waals surface area contributed by atoms with Crippen LogP contribution in [-0.2, 0) is 6.42 Å². The smallest absolute Gasteiger partial charge is 0.211 e. The Labute approximate surface area is 109 Å². The summed E-state index contributed by atoms with van der Waals surface area (Å²) < 4.78 is 0. The first-order chi connectivity index (χ1) is 8.00. The number of nitrogens with two attached hydrogens (primary N) is 2. The van der Waals surface area contributed by atoms with Crippen molar-refractivity contribution in [2.75, 3.05) is 0 Å². The molecule has 1 heterocycles. The van der Waals surface area contributed by atoms with E-state index in [9.17, 15) is 0 Å². The third-order valence-electron chi connectivity index (χ3n) is 2.30. The Bertz CT molecular complexity index is 499. The van der Waals surface area contributed by atoms with Gasteiger partial charge in [0.15, 0.2) is 5.96 Å². The highest BCUT2D eigenvalue weighted by Crippen LogP contribution is 2.28. The van der Waals surface area contributed by atoms with Crippen LogP contribution in [0.25, 0.3) is 0 Å². The van der Waals surface area contributed by atoms with Gasteiger partial charge in [-0.3, -0.25) is 5.73 Å². The predicted molar refractivity (Wildman–Crippen MR) is 70.3 cm³/mol. The summed E-state index contributed by atoms with van der Waals surface area (Å²) in [7, 11) is 0. The molecular weight excluding hydrogens is 261 g/mol. The third kappa shape index (κ3) is 2.69. The maximum absolute atomic E-state index is 6.08. The molecule has 7 heteroatoms. The number of hydrogen-bond acceptors (Lipinski definition) is 5. The molecule has 1 unspecified atom stereocenters. The molecule has 1 aliphatic rings. The Balaban J connectivity index is 2.29. The van der Waals surface area contributed by atoms with Gasteiger partial charge in [0.25, 0.3) is 0 Å². The average Bonchev–Trinajstić information content (AvgIpc) is 2.24. The maximum atomic E-state index is 6.08. The van der Waals surface area contributed by atoms with Gasteiger partial charge in [0.2, 0.25) is 5.79 Å². The van der Waals surface area contributed by atoms with Crippen LogP contribution in [0.5, 0.6) is 0 Å². The number of hydrogen-bond donors (Lipinski definition) is 3. The van der Waals surface area contributed by atoms with Gasteiger partial charge in [0, 0.05) is 6.42 Å². The lowest BCUT2D eigenvalue weighted by Crippen LogP contribution is -2.47. The summed E-state index contributed by atoms with van der Waals surface area (Å²) >= 11 is 12.0. The highest BCUT2D eigenvalue weighted by molar-refractivity contribution is 6.42. The lowest BCUT2D eigenvalue weighted by Gasteiger charge is -2.24. The van der Waals surface area contributed by atoms with E-state index in [0.717, 1.165) is 5.56 Å². The minimum Gasteiger partial charge on any atom is -0.370 e. The van der Waals surface area contributed by atoms with E-state index < -0.39 is 5.79 Å². The second-order valence-electron chi connectivity index (χ2n) is 3.67. The summed E-state index contributed by atoms with van der Waals surface area (Å²) in [6.45, 7) is 0. The molecule has 1 aliphatic heterocycles. The number of guanidine groups is 1. The summed E-state index contributed by atoms with van der Waals surface area (Å²) in [6, 6.07) is 5.33. The molecule has 1 aromatic rings. The molecule has 17 heavy (non-hydrogen) atoms. The van der Waals surface area contributed by atoms with Gasteiger partial charge in [0.05, 0.1) is 16.4 Å². The fourth-order valence-electron chi connectivity index (χ4n) is 1.53. The summed E-state index contributed by atoms with van der Waals surface area (Å²) in [5, 5.41) is 3.58. The van der Waals surface area contributed by atoms with Crippen LogP contribution in [0, 0.1) is 0 Å². The van der Waals surface area contributed by atoms with E-state index >= 15 is 0 Å². The molecule has 0 aromatic heterocycles. The lowest BCUT2D eigenvalue weighted by atomic mass is 10.1. The van der Waals surface area contributed by atoms with Gasteiger partial charge in [-0.05, 0) is 11.6 Å². The van der Waals surface area contributed by atoms with Crippen molar-refractivity contribution in [2.24, 2.45) is 21.5 Å². The molecule has 1 atom stereocenters. The molecule has 0 saturated carbocycles. The minimum absolute atomic E-state index is 0.223. The van der Waals surface area contributed by atoms with Crippen LogP contribution in [0.4, 0.5) is 0 Å². The number of halogens is 2. The van der Waals surface area contributed by atoms with Crippen molar-refractivity contribution in [1.82, 2.24) is 5.32 Å². The topological polar surface area (TPSA) is 88.8 Å². The highest BCUT2D eigenvalue weighted by atomic mass is 35.5. The second kappa shape index (κ2) is 4.52. The van der Waals surface area contributed by atoms with E-state index in [2.05, 4.69) is 15.3 Å². The van der Waals surface area contributed by atoms with E-state index in [1.807, 2.05) is 6.07 Å². The fourth-order valence-corrected chi connectivity index (χ4v) is 1.92. The van der Waals surface area contributed by atoms with Crippen molar-refractivity contribution in [3.63, 3.8) is 0 Å². The zero-order chi connectivity index (χ0) is 12.5. The zero-order valence-electron chi connectivity index (χ0n) is 8.82. The molecule has 2 rings (SSSR count). The normalized spacial score (nSPS) is 23.1. The maximum Gasteiger partial charge on any atom is 0.211 e. The van der Waals surface area contributed by atoms with Crippen molar-refractivity contribution < 1.29 is 0 Å².